The van der Waals surface area contributed by atoms with Crippen LogP contribution in [0.15, 0.2) is 0 Å². The van der Waals surface area contributed by atoms with Gasteiger partial charge in [0.25, 0.3) is 0 Å². The highest BCUT2D eigenvalue weighted by molar-refractivity contribution is 4.86. The highest BCUT2D eigenvalue weighted by Gasteiger charge is 2.26. The van der Waals surface area contributed by atoms with Crippen molar-refractivity contribution in [2.75, 3.05) is 19.6 Å². The van der Waals surface area contributed by atoms with Crippen molar-refractivity contribution in [2.45, 2.75) is 91.1 Å². The van der Waals surface area contributed by atoms with E-state index in [1.54, 1.807) is 0 Å². The lowest BCUT2D eigenvalue weighted by Crippen LogP contribution is -2.57. The van der Waals surface area contributed by atoms with Crippen LogP contribution < -0.4 is 5.32 Å². The molecule has 0 aliphatic carbocycles. The zero-order valence-electron chi connectivity index (χ0n) is 14.5. The lowest BCUT2D eigenvalue weighted by atomic mass is 9.95. The lowest BCUT2D eigenvalue weighted by Gasteiger charge is -2.41. The molecule has 2 heteroatoms. The average Bonchev–Trinajstić information content (AvgIpc) is 2.47. The Hall–Kier alpha value is -0.0800. The Morgan fingerprint density at radius 1 is 1.05 bits per heavy atom. The van der Waals surface area contributed by atoms with Crippen molar-refractivity contribution >= 4 is 0 Å². The first-order valence-corrected chi connectivity index (χ1v) is 9.16. The molecule has 2 nitrogen and oxygen atoms in total. The van der Waals surface area contributed by atoms with Crippen LogP contribution in [0.5, 0.6) is 0 Å². The summed E-state index contributed by atoms with van der Waals surface area (Å²) in [5.74, 6) is 0.805. The van der Waals surface area contributed by atoms with Gasteiger partial charge in [-0.05, 0) is 25.8 Å². The topological polar surface area (TPSA) is 15.3 Å². The average molecular weight is 283 g/mol. The molecule has 20 heavy (non-hydrogen) atoms. The number of nitrogens with zero attached hydrogens (tertiary/aromatic N) is 1. The second kappa shape index (κ2) is 10.6. The van der Waals surface area contributed by atoms with Gasteiger partial charge in [0.15, 0.2) is 0 Å². The van der Waals surface area contributed by atoms with Gasteiger partial charge in [-0.25, -0.2) is 0 Å². The summed E-state index contributed by atoms with van der Waals surface area (Å²) in [6.45, 7) is 13.1. The molecule has 0 amide bonds. The maximum atomic E-state index is 3.73. The highest BCUT2D eigenvalue weighted by atomic mass is 15.2. The molecule has 1 fully saturated rings. The third kappa shape index (κ3) is 6.58. The van der Waals surface area contributed by atoms with Crippen LogP contribution in [-0.2, 0) is 0 Å². The summed E-state index contributed by atoms with van der Waals surface area (Å²) in [6.07, 6.45) is 11.2. The van der Waals surface area contributed by atoms with Crippen molar-refractivity contribution < 1.29 is 0 Å². The summed E-state index contributed by atoms with van der Waals surface area (Å²) in [7, 11) is 0. The van der Waals surface area contributed by atoms with Crippen molar-refractivity contribution in [3.8, 4) is 0 Å². The summed E-state index contributed by atoms with van der Waals surface area (Å²) >= 11 is 0. The molecule has 1 heterocycles. The molecule has 0 bridgehead atoms. The Morgan fingerprint density at radius 3 is 2.35 bits per heavy atom. The van der Waals surface area contributed by atoms with Crippen LogP contribution in [0.3, 0.4) is 0 Å². The quantitative estimate of drug-likeness (QED) is 0.596. The standard InChI is InChI=1S/C18H38N2/c1-5-7-8-9-10-11-12-13-20-15-18(16(3)6-2)19-14-17(20)4/h16-19H,5-15H2,1-4H3. The Bertz CT molecular complexity index is 229. The molecule has 3 unspecified atom stereocenters. The maximum absolute atomic E-state index is 3.73. The molecular weight excluding hydrogens is 244 g/mol. The van der Waals surface area contributed by atoms with Gasteiger partial charge in [-0.3, -0.25) is 4.90 Å². The third-order valence-corrected chi connectivity index (χ3v) is 5.11. The van der Waals surface area contributed by atoms with Crippen LogP contribution in [0.2, 0.25) is 0 Å². The highest BCUT2D eigenvalue weighted by Crippen LogP contribution is 2.16. The van der Waals surface area contributed by atoms with Gasteiger partial charge in [0.05, 0.1) is 0 Å². The van der Waals surface area contributed by atoms with E-state index in [0.29, 0.717) is 6.04 Å². The van der Waals surface area contributed by atoms with Crippen molar-refractivity contribution in [2.24, 2.45) is 5.92 Å². The largest absolute Gasteiger partial charge is 0.311 e. The van der Waals surface area contributed by atoms with Gasteiger partial charge >= 0.3 is 0 Å². The number of nitrogens with one attached hydrogen (secondary N) is 1. The molecule has 0 aromatic carbocycles. The Kier molecular flexibility index (Phi) is 9.54. The van der Waals surface area contributed by atoms with Gasteiger partial charge in [0.2, 0.25) is 0 Å². The third-order valence-electron chi connectivity index (χ3n) is 5.11. The smallest absolute Gasteiger partial charge is 0.0221 e. The molecule has 3 atom stereocenters. The van der Waals surface area contributed by atoms with E-state index < -0.39 is 0 Å². The van der Waals surface area contributed by atoms with Gasteiger partial charge in [-0.1, -0.05) is 65.7 Å². The maximum Gasteiger partial charge on any atom is 0.0221 e. The predicted octanol–water partition coefficient (Wildman–Crippen LogP) is 4.45. The number of rotatable bonds is 10. The Morgan fingerprint density at radius 2 is 1.70 bits per heavy atom. The molecule has 1 aliphatic heterocycles. The van der Waals surface area contributed by atoms with Crippen LogP contribution in [-0.4, -0.2) is 36.6 Å². The monoisotopic (exact) mass is 282 g/mol. The summed E-state index contributed by atoms with van der Waals surface area (Å²) in [4.78, 5) is 2.72. The first-order valence-electron chi connectivity index (χ1n) is 9.16. The van der Waals surface area contributed by atoms with E-state index in [4.69, 9.17) is 0 Å². The van der Waals surface area contributed by atoms with Crippen LogP contribution in [0.25, 0.3) is 0 Å². The van der Waals surface area contributed by atoms with E-state index >= 15 is 0 Å². The number of hydrogen-bond donors (Lipinski definition) is 1. The van der Waals surface area contributed by atoms with Crippen molar-refractivity contribution in [1.29, 1.82) is 0 Å². The predicted molar refractivity (Wildman–Crippen MR) is 90.3 cm³/mol. The minimum Gasteiger partial charge on any atom is -0.311 e. The minimum atomic E-state index is 0.709. The fourth-order valence-corrected chi connectivity index (χ4v) is 3.20. The number of unbranched alkanes of at least 4 members (excludes halogenated alkanes) is 6. The summed E-state index contributed by atoms with van der Waals surface area (Å²) in [5, 5.41) is 3.73. The van der Waals surface area contributed by atoms with Crippen molar-refractivity contribution in [3.05, 3.63) is 0 Å². The van der Waals surface area contributed by atoms with Gasteiger partial charge in [-0.2, -0.15) is 0 Å². The van der Waals surface area contributed by atoms with Crippen LogP contribution in [0, 0.1) is 5.92 Å². The zero-order valence-corrected chi connectivity index (χ0v) is 14.5. The molecule has 0 aromatic rings. The van der Waals surface area contributed by atoms with E-state index in [1.165, 1.54) is 71.0 Å². The molecule has 0 aromatic heterocycles. The van der Waals surface area contributed by atoms with E-state index in [9.17, 15) is 0 Å². The summed E-state index contributed by atoms with van der Waals surface area (Å²) in [6, 6.07) is 1.43. The first-order chi connectivity index (χ1) is 9.69. The molecule has 0 saturated carbocycles. The SMILES string of the molecule is CCCCCCCCCN1CC(C(C)CC)NCC1C. The molecular formula is C18H38N2. The first kappa shape index (κ1) is 18.0. The molecule has 120 valence electrons. The van der Waals surface area contributed by atoms with Gasteiger partial charge < -0.3 is 5.32 Å². The van der Waals surface area contributed by atoms with E-state index in [2.05, 4.69) is 37.9 Å². The number of hydrogen-bond acceptors (Lipinski definition) is 2. The molecule has 1 saturated heterocycles. The summed E-state index contributed by atoms with van der Waals surface area (Å²) in [5.41, 5.74) is 0. The van der Waals surface area contributed by atoms with Crippen LogP contribution >= 0.6 is 0 Å². The second-order valence-electron chi connectivity index (χ2n) is 6.87. The molecule has 0 radical (unpaired) electrons. The Balaban J connectivity index is 2.14. The van der Waals surface area contributed by atoms with Gasteiger partial charge in [-0.15, -0.1) is 0 Å². The fraction of sp³-hybridized carbons (Fsp3) is 1.00. The van der Waals surface area contributed by atoms with Crippen molar-refractivity contribution in [3.63, 3.8) is 0 Å². The van der Waals surface area contributed by atoms with E-state index in [-0.39, 0.29) is 0 Å². The lowest BCUT2D eigenvalue weighted by molar-refractivity contribution is 0.116. The van der Waals surface area contributed by atoms with Crippen LogP contribution in [0.1, 0.15) is 79.1 Å². The zero-order chi connectivity index (χ0) is 14.8. The Labute approximate surface area is 127 Å². The molecule has 1 rings (SSSR count). The normalized spacial score (nSPS) is 25.8. The number of piperazine rings is 1. The van der Waals surface area contributed by atoms with Crippen LogP contribution in [0.4, 0.5) is 0 Å². The second-order valence-corrected chi connectivity index (χ2v) is 6.87. The van der Waals surface area contributed by atoms with Crippen molar-refractivity contribution in [1.82, 2.24) is 10.2 Å². The summed E-state index contributed by atoms with van der Waals surface area (Å²) < 4.78 is 0. The van der Waals surface area contributed by atoms with Gasteiger partial charge in [0, 0.05) is 25.2 Å². The van der Waals surface area contributed by atoms with E-state index in [1.807, 2.05) is 0 Å². The molecule has 0 spiro atoms. The molecule has 1 N–H and O–H groups in total. The minimum absolute atomic E-state index is 0.709. The van der Waals surface area contributed by atoms with Gasteiger partial charge in [0.1, 0.15) is 0 Å². The van der Waals surface area contributed by atoms with E-state index in [0.717, 1.165) is 12.0 Å². The molecule has 1 aliphatic rings. The fourth-order valence-electron chi connectivity index (χ4n) is 3.20.